The number of carbonyl (C=O) groups is 2. The highest BCUT2D eigenvalue weighted by Crippen LogP contribution is 2.28. The number of halogens is 1. The maximum atomic E-state index is 12.4. The molecule has 1 rings (SSSR count). The fourth-order valence-corrected chi connectivity index (χ4v) is 3.04. The third kappa shape index (κ3) is 4.88. The number of hydrogen-bond donors (Lipinski definition) is 0. The standard InChI is InChI=1S/C13H18BrNO4S/c1-4-19-11(16)8-15(5-6-18-3)13(17)10-7-9(2)12(14)20-10/h7H,4-6,8H2,1-3H3. The van der Waals surface area contributed by atoms with Gasteiger partial charge in [-0.3, -0.25) is 9.59 Å². The number of methoxy groups -OCH3 is 1. The van der Waals surface area contributed by atoms with Crippen molar-refractivity contribution in [2.75, 3.05) is 33.4 Å². The lowest BCUT2D eigenvalue weighted by Crippen LogP contribution is -2.38. The van der Waals surface area contributed by atoms with E-state index in [0.717, 1.165) is 9.35 Å². The first-order valence-corrected chi connectivity index (χ1v) is 7.80. The van der Waals surface area contributed by atoms with E-state index in [-0.39, 0.29) is 12.5 Å². The molecule has 112 valence electrons. The van der Waals surface area contributed by atoms with E-state index in [4.69, 9.17) is 9.47 Å². The Labute approximate surface area is 131 Å². The summed E-state index contributed by atoms with van der Waals surface area (Å²) in [5.41, 5.74) is 1.00. The molecule has 20 heavy (non-hydrogen) atoms. The van der Waals surface area contributed by atoms with Crippen LogP contribution in [-0.2, 0) is 14.3 Å². The van der Waals surface area contributed by atoms with Crippen molar-refractivity contribution in [2.24, 2.45) is 0 Å². The van der Waals surface area contributed by atoms with Crippen molar-refractivity contribution in [3.8, 4) is 0 Å². The summed E-state index contributed by atoms with van der Waals surface area (Å²) < 4.78 is 10.8. The molecule has 0 aliphatic rings. The highest BCUT2D eigenvalue weighted by molar-refractivity contribution is 9.11. The Bertz CT molecular complexity index is 455. The Balaban J connectivity index is 2.80. The third-order valence-corrected chi connectivity index (χ3v) is 4.67. The lowest BCUT2D eigenvalue weighted by atomic mass is 10.3. The van der Waals surface area contributed by atoms with Crippen molar-refractivity contribution < 1.29 is 19.1 Å². The van der Waals surface area contributed by atoms with Crippen molar-refractivity contribution in [2.45, 2.75) is 13.8 Å². The quantitative estimate of drug-likeness (QED) is 0.698. The van der Waals surface area contributed by atoms with Crippen LogP contribution in [-0.4, -0.2) is 50.2 Å². The summed E-state index contributed by atoms with van der Waals surface area (Å²) in [6, 6.07) is 1.81. The van der Waals surface area contributed by atoms with Crippen LogP contribution >= 0.6 is 27.3 Å². The van der Waals surface area contributed by atoms with Gasteiger partial charge in [-0.15, -0.1) is 11.3 Å². The Kier molecular flexibility index (Phi) is 7.18. The van der Waals surface area contributed by atoms with Gasteiger partial charge in [-0.2, -0.15) is 0 Å². The minimum Gasteiger partial charge on any atom is -0.465 e. The summed E-state index contributed by atoms with van der Waals surface area (Å²) in [7, 11) is 1.55. The molecule has 0 radical (unpaired) electrons. The lowest BCUT2D eigenvalue weighted by Gasteiger charge is -2.20. The molecule has 1 aromatic heterocycles. The summed E-state index contributed by atoms with van der Waals surface area (Å²) >= 11 is 4.75. The van der Waals surface area contributed by atoms with Gasteiger partial charge in [0.2, 0.25) is 0 Å². The number of hydrogen-bond acceptors (Lipinski definition) is 5. The summed E-state index contributed by atoms with van der Waals surface area (Å²) in [5.74, 6) is -0.599. The zero-order chi connectivity index (χ0) is 15.1. The van der Waals surface area contributed by atoms with Gasteiger partial charge in [-0.05, 0) is 41.4 Å². The smallest absolute Gasteiger partial charge is 0.325 e. The van der Waals surface area contributed by atoms with Crippen LogP contribution in [0, 0.1) is 6.92 Å². The number of esters is 1. The maximum Gasteiger partial charge on any atom is 0.325 e. The van der Waals surface area contributed by atoms with Gasteiger partial charge in [0.15, 0.2) is 0 Å². The lowest BCUT2D eigenvalue weighted by molar-refractivity contribution is -0.143. The van der Waals surface area contributed by atoms with Crippen molar-refractivity contribution in [1.82, 2.24) is 4.90 Å². The third-order valence-electron chi connectivity index (χ3n) is 2.55. The van der Waals surface area contributed by atoms with Crippen LogP contribution in [0.1, 0.15) is 22.2 Å². The molecule has 0 spiro atoms. The fraction of sp³-hybridized carbons (Fsp3) is 0.538. The molecule has 0 N–H and O–H groups in total. The first kappa shape index (κ1) is 17.1. The first-order chi connectivity index (χ1) is 9.49. The maximum absolute atomic E-state index is 12.4. The van der Waals surface area contributed by atoms with E-state index in [1.807, 2.05) is 13.0 Å². The normalized spacial score (nSPS) is 10.4. The molecular formula is C13H18BrNO4S. The molecule has 0 saturated heterocycles. The van der Waals surface area contributed by atoms with Crippen LogP contribution in [0.15, 0.2) is 9.85 Å². The van der Waals surface area contributed by atoms with Crippen molar-refractivity contribution in [3.63, 3.8) is 0 Å². The van der Waals surface area contributed by atoms with Gasteiger partial charge in [0, 0.05) is 13.7 Å². The molecule has 0 aromatic carbocycles. The van der Waals surface area contributed by atoms with E-state index >= 15 is 0 Å². The van der Waals surface area contributed by atoms with Gasteiger partial charge in [0.1, 0.15) is 6.54 Å². The molecule has 0 bridgehead atoms. The molecule has 1 amide bonds. The van der Waals surface area contributed by atoms with Crippen LogP contribution in [0.2, 0.25) is 0 Å². The topological polar surface area (TPSA) is 55.8 Å². The van der Waals surface area contributed by atoms with Crippen LogP contribution in [0.5, 0.6) is 0 Å². The molecule has 1 aromatic rings. The average Bonchev–Trinajstić information content (AvgIpc) is 2.74. The number of amides is 1. The second-order valence-corrected chi connectivity index (χ2v) is 6.46. The van der Waals surface area contributed by atoms with Gasteiger partial charge in [-0.25, -0.2) is 0 Å². The second kappa shape index (κ2) is 8.39. The van der Waals surface area contributed by atoms with E-state index in [9.17, 15) is 9.59 Å². The predicted molar refractivity (Wildman–Crippen MR) is 81.2 cm³/mol. The van der Waals surface area contributed by atoms with Crippen LogP contribution in [0.3, 0.4) is 0 Å². The van der Waals surface area contributed by atoms with Crippen LogP contribution in [0.4, 0.5) is 0 Å². The molecule has 0 atom stereocenters. The number of ether oxygens (including phenoxy) is 2. The molecule has 0 aliphatic carbocycles. The number of thiophene rings is 1. The Morgan fingerprint density at radius 2 is 2.15 bits per heavy atom. The monoisotopic (exact) mass is 363 g/mol. The van der Waals surface area contributed by atoms with Crippen molar-refractivity contribution in [1.29, 1.82) is 0 Å². The SMILES string of the molecule is CCOC(=O)CN(CCOC)C(=O)c1cc(C)c(Br)s1. The molecular weight excluding hydrogens is 346 g/mol. The Morgan fingerprint density at radius 1 is 1.45 bits per heavy atom. The molecule has 0 fully saturated rings. The summed E-state index contributed by atoms with van der Waals surface area (Å²) in [4.78, 5) is 26.0. The number of carbonyl (C=O) groups excluding carboxylic acids is 2. The van der Waals surface area contributed by atoms with E-state index < -0.39 is 5.97 Å². The Morgan fingerprint density at radius 3 is 2.65 bits per heavy atom. The van der Waals surface area contributed by atoms with Crippen LogP contribution in [0.25, 0.3) is 0 Å². The average molecular weight is 364 g/mol. The number of nitrogens with zero attached hydrogens (tertiary/aromatic N) is 1. The van der Waals surface area contributed by atoms with Gasteiger partial charge in [-0.1, -0.05) is 0 Å². The van der Waals surface area contributed by atoms with Crippen molar-refractivity contribution in [3.05, 3.63) is 20.3 Å². The minimum absolute atomic E-state index is 0.0649. The molecule has 7 heteroatoms. The second-order valence-electron chi connectivity index (χ2n) is 4.09. The number of rotatable bonds is 7. The van der Waals surface area contributed by atoms with Gasteiger partial charge in [0.05, 0.1) is 21.9 Å². The van der Waals surface area contributed by atoms with Gasteiger partial charge < -0.3 is 14.4 Å². The minimum atomic E-state index is -0.413. The molecule has 0 unspecified atom stereocenters. The zero-order valence-electron chi connectivity index (χ0n) is 11.8. The summed E-state index contributed by atoms with van der Waals surface area (Å²) in [5, 5.41) is 0. The van der Waals surface area contributed by atoms with Crippen molar-refractivity contribution >= 4 is 39.1 Å². The highest BCUT2D eigenvalue weighted by atomic mass is 79.9. The first-order valence-electron chi connectivity index (χ1n) is 6.19. The zero-order valence-corrected chi connectivity index (χ0v) is 14.2. The predicted octanol–water partition coefficient (Wildman–Crippen LogP) is 2.47. The largest absolute Gasteiger partial charge is 0.465 e. The van der Waals surface area contributed by atoms with E-state index in [2.05, 4.69) is 15.9 Å². The van der Waals surface area contributed by atoms with E-state index in [1.54, 1.807) is 14.0 Å². The van der Waals surface area contributed by atoms with E-state index in [1.165, 1.54) is 16.2 Å². The van der Waals surface area contributed by atoms with Crippen LogP contribution < -0.4 is 0 Å². The summed E-state index contributed by atoms with van der Waals surface area (Å²) in [6.45, 7) is 4.61. The van der Waals surface area contributed by atoms with Gasteiger partial charge >= 0.3 is 5.97 Å². The molecule has 5 nitrogen and oxygen atoms in total. The fourth-order valence-electron chi connectivity index (χ4n) is 1.54. The highest BCUT2D eigenvalue weighted by Gasteiger charge is 2.21. The number of aryl methyl sites for hydroxylation is 1. The van der Waals surface area contributed by atoms with Gasteiger partial charge in [0.25, 0.3) is 5.91 Å². The molecule has 1 heterocycles. The molecule has 0 saturated carbocycles. The van der Waals surface area contributed by atoms with E-state index in [0.29, 0.717) is 24.6 Å². The molecule has 0 aliphatic heterocycles. The summed E-state index contributed by atoms with van der Waals surface area (Å²) in [6.07, 6.45) is 0. The Hall–Kier alpha value is -0.920.